The highest BCUT2D eigenvalue weighted by Crippen LogP contribution is 2.29. The highest BCUT2D eigenvalue weighted by molar-refractivity contribution is 5.59. The van der Waals surface area contributed by atoms with E-state index in [0.717, 1.165) is 18.5 Å². The van der Waals surface area contributed by atoms with Crippen LogP contribution in [0.3, 0.4) is 0 Å². The summed E-state index contributed by atoms with van der Waals surface area (Å²) >= 11 is 0. The number of nitrogens with one attached hydrogen (secondary N) is 2. The lowest BCUT2D eigenvalue weighted by Crippen LogP contribution is -2.48. The molecule has 2 N–H and O–H groups in total. The minimum absolute atomic E-state index is 0.00815. The second-order valence-corrected chi connectivity index (χ2v) is 4.28. The molecule has 3 rings (SSSR count). The fourth-order valence-electron chi connectivity index (χ4n) is 2.54. The third kappa shape index (κ3) is 1.50. The van der Waals surface area contributed by atoms with Crippen molar-refractivity contribution in [3.8, 4) is 0 Å². The van der Waals surface area contributed by atoms with Gasteiger partial charge in [0.25, 0.3) is 0 Å². The van der Waals surface area contributed by atoms with Crippen LogP contribution in [0.1, 0.15) is 18.0 Å². The minimum atomic E-state index is -0.150. The molecule has 0 amide bonds. The van der Waals surface area contributed by atoms with Gasteiger partial charge in [0.2, 0.25) is 0 Å². The normalized spacial score (nSPS) is 32.2. The number of hydrogen-bond donors (Lipinski definition) is 2. The van der Waals surface area contributed by atoms with E-state index in [-0.39, 0.29) is 17.9 Å². The van der Waals surface area contributed by atoms with E-state index >= 15 is 0 Å². The molecule has 4 heteroatoms. The summed E-state index contributed by atoms with van der Waals surface area (Å²) in [5.41, 5.74) is 0.720. The number of piperidine rings is 1. The van der Waals surface area contributed by atoms with Crippen molar-refractivity contribution in [1.82, 2.24) is 10.6 Å². The van der Waals surface area contributed by atoms with Gasteiger partial charge in [0, 0.05) is 5.56 Å². The molecular formula is C12H14FN3. The Kier molecular flexibility index (Phi) is 2.36. The molecule has 0 bridgehead atoms. The summed E-state index contributed by atoms with van der Waals surface area (Å²) < 4.78 is 13.7. The molecular weight excluding hydrogens is 205 g/mol. The van der Waals surface area contributed by atoms with Crippen LogP contribution in [0, 0.1) is 5.82 Å². The lowest BCUT2D eigenvalue weighted by molar-refractivity contribution is 0.314. The topological polar surface area (TPSA) is 36.4 Å². The minimum Gasteiger partial charge on any atom is -0.371 e. The zero-order chi connectivity index (χ0) is 11.0. The van der Waals surface area contributed by atoms with Gasteiger partial charge >= 0.3 is 0 Å². The maximum absolute atomic E-state index is 13.7. The van der Waals surface area contributed by atoms with E-state index in [2.05, 4.69) is 15.6 Å². The van der Waals surface area contributed by atoms with Crippen LogP contribution >= 0.6 is 0 Å². The molecule has 2 heterocycles. The Hall–Kier alpha value is -1.42. The Bertz CT molecular complexity index is 418. The molecule has 0 saturated carbocycles. The van der Waals surface area contributed by atoms with Crippen LogP contribution in [0.4, 0.5) is 4.39 Å². The van der Waals surface area contributed by atoms with Crippen molar-refractivity contribution in [3.63, 3.8) is 0 Å². The molecule has 1 aromatic carbocycles. The van der Waals surface area contributed by atoms with Gasteiger partial charge in [-0.2, -0.15) is 0 Å². The second-order valence-electron chi connectivity index (χ2n) is 4.28. The largest absolute Gasteiger partial charge is 0.371 e. The fourth-order valence-corrected chi connectivity index (χ4v) is 2.54. The lowest BCUT2D eigenvalue weighted by atomic mass is 9.89. The Morgan fingerprint density at radius 3 is 3.06 bits per heavy atom. The van der Waals surface area contributed by atoms with Gasteiger partial charge in [-0.3, -0.25) is 4.99 Å². The predicted molar refractivity (Wildman–Crippen MR) is 61.0 cm³/mol. The molecule has 3 nitrogen and oxygen atoms in total. The summed E-state index contributed by atoms with van der Waals surface area (Å²) in [7, 11) is 0. The van der Waals surface area contributed by atoms with Gasteiger partial charge in [0.15, 0.2) is 0 Å². The Labute approximate surface area is 93.8 Å². The number of nitrogens with zero attached hydrogens (tertiary/aromatic N) is 1. The molecule has 0 aromatic heterocycles. The first-order chi connectivity index (χ1) is 7.86. The van der Waals surface area contributed by atoms with Crippen LogP contribution in [-0.4, -0.2) is 25.0 Å². The van der Waals surface area contributed by atoms with Crippen molar-refractivity contribution >= 4 is 6.34 Å². The molecule has 3 atom stereocenters. The highest BCUT2D eigenvalue weighted by atomic mass is 19.1. The Morgan fingerprint density at radius 2 is 2.19 bits per heavy atom. The third-order valence-electron chi connectivity index (χ3n) is 3.35. The number of halogens is 1. The number of fused-ring (bicyclic) bond motifs is 1. The van der Waals surface area contributed by atoms with Gasteiger partial charge in [-0.15, -0.1) is 0 Å². The van der Waals surface area contributed by atoms with Crippen LogP contribution < -0.4 is 10.6 Å². The van der Waals surface area contributed by atoms with E-state index in [0.29, 0.717) is 6.04 Å². The van der Waals surface area contributed by atoms with E-state index < -0.39 is 0 Å². The van der Waals surface area contributed by atoms with Crippen molar-refractivity contribution in [2.24, 2.45) is 4.99 Å². The number of hydrogen-bond acceptors (Lipinski definition) is 3. The number of aliphatic imine (C=N–C) groups is 1. The highest BCUT2D eigenvalue weighted by Gasteiger charge is 2.36. The van der Waals surface area contributed by atoms with E-state index in [4.69, 9.17) is 0 Å². The summed E-state index contributed by atoms with van der Waals surface area (Å²) in [5.74, 6) is -0.150. The van der Waals surface area contributed by atoms with Gasteiger partial charge in [-0.05, 0) is 19.0 Å². The first-order valence-corrected chi connectivity index (χ1v) is 5.62. The van der Waals surface area contributed by atoms with Crippen LogP contribution in [0.25, 0.3) is 0 Å². The Morgan fingerprint density at radius 1 is 1.31 bits per heavy atom. The number of benzene rings is 1. The molecule has 2 aliphatic rings. The Balaban J connectivity index is 1.94. The maximum atomic E-state index is 13.7. The molecule has 0 unspecified atom stereocenters. The summed E-state index contributed by atoms with van der Waals surface area (Å²) in [4.78, 5) is 4.39. The zero-order valence-corrected chi connectivity index (χ0v) is 8.86. The van der Waals surface area contributed by atoms with Crippen LogP contribution in [-0.2, 0) is 0 Å². The van der Waals surface area contributed by atoms with E-state index in [9.17, 15) is 4.39 Å². The van der Waals surface area contributed by atoms with Crippen molar-refractivity contribution in [3.05, 3.63) is 35.6 Å². The first kappa shape index (κ1) is 9.78. The van der Waals surface area contributed by atoms with Crippen LogP contribution in [0.5, 0.6) is 0 Å². The fraction of sp³-hybridized carbons (Fsp3) is 0.417. The standard InChI is InChI=1S/C12H14FN3/c13-9-4-2-1-3-8(9)11-12-10(5-6-14-11)15-7-16-12/h1-4,7,10-12,14H,5-6H2,(H,15,16)/t10-,11-,12+/m0/s1. The van der Waals surface area contributed by atoms with Gasteiger partial charge in [0.05, 0.1) is 24.5 Å². The monoisotopic (exact) mass is 219 g/mol. The van der Waals surface area contributed by atoms with Gasteiger partial charge in [-0.25, -0.2) is 4.39 Å². The van der Waals surface area contributed by atoms with E-state index in [1.807, 2.05) is 12.1 Å². The predicted octanol–water partition coefficient (Wildman–Crippen LogP) is 1.23. The van der Waals surface area contributed by atoms with Gasteiger partial charge in [0.1, 0.15) is 5.82 Å². The average molecular weight is 219 g/mol. The first-order valence-electron chi connectivity index (χ1n) is 5.62. The molecule has 84 valence electrons. The van der Waals surface area contributed by atoms with E-state index in [1.54, 1.807) is 12.4 Å². The van der Waals surface area contributed by atoms with Gasteiger partial charge in [-0.1, -0.05) is 18.2 Å². The van der Waals surface area contributed by atoms with Crippen molar-refractivity contribution < 1.29 is 4.39 Å². The van der Waals surface area contributed by atoms with Crippen molar-refractivity contribution in [2.45, 2.75) is 24.5 Å². The summed E-state index contributed by atoms with van der Waals surface area (Å²) in [5, 5.41) is 6.58. The lowest BCUT2D eigenvalue weighted by Gasteiger charge is -2.33. The summed E-state index contributed by atoms with van der Waals surface area (Å²) in [6.45, 7) is 0.899. The second kappa shape index (κ2) is 3.87. The average Bonchev–Trinajstić information content (AvgIpc) is 2.77. The van der Waals surface area contributed by atoms with E-state index in [1.165, 1.54) is 6.07 Å². The van der Waals surface area contributed by atoms with Crippen molar-refractivity contribution in [1.29, 1.82) is 0 Å². The summed E-state index contributed by atoms with van der Waals surface area (Å²) in [6, 6.07) is 7.39. The molecule has 0 radical (unpaired) electrons. The smallest absolute Gasteiger partial charge is 0.128 e. The van der Waals surface area contributed by atoms with Gasteiger partial charge < -0.3 is 10.6 Å². The SMILES string of the molecule is Fc1ccccc1[C@@H]1NCC[C@@H]2NC=N[C@H]21. The number of rotatable bonds is 1. The molecule has 16 heavy (non-hydrogen) atoms. The van der Waals surface area contributed by atoms with Crippen molar-refractivity contribution in [2.75, 3.05) is 6.54 Å². The zero-order valence-electron chi connectivity index (χ0n) is 8.86. The van der Waals surface area contributed by atoms with Crippen LogP contribution in [0.15, 0.2) is 29.3 Å². The third-order valence-corrected chi connectivity index (χ3v) is 3.35. The molecule has 2 aliphatic heterocycles. The molecule has 1 saturated heterocycles. The molecule has 0 spiro atoms. The molecule has 0 aliphatic carbocycles. The van der Waals surface area contributed by atoms with Crippen LogP contribution in [0.2, 0.25) is 0 Å². The molecule has 1 aromatic rings. The maximum Gasteiger partial charge on any atom is 0.128 e. The quantitative estimate of drug-likeness (QED) is 0.745. The molecule has 1 fully saturated rings. The summed E-state index contributed by atoms with van der Waals surface area (Å²) in [6.07, 6.45) is 2.78.